The zero-order chi connectivity index (χ0) is 19.1. The lowest BCUT2D eigenvalue weighted by atomic mass is 10.2. The third-order valence-electron chi connectivity index (χ3n) is 3.59. The van der Waals surface area contributed by atoms with Crippen molar-refractivity contribution in [2.24, 2.45) is 0 Å². The summed E-state index contributed by atoms with van der Waals surface area (Å²) >= 11 is 6.12. The number of hydrogen-bond donors (Lipinski definition) is 2. The summed E-state index contributed by atoms with van der Waals surface area (Å²) in [6, 6.07) is 13.9. The van der Waals surface area contributed by atoms with Gasteiger partial charge in [0.15, 0.2) is 0 Å². The highest BCUT2D eigenvalue weighted by Gasteiger charge is 2.15. The van der Waals surface area contributed by atoms with Crippen LogP contribution in [0.15, 0.2) is 48.5 Å². The fraction of sp³-hybridized carbons (Fsp3) is 0.211. The summed E-state index contributed by atoms with van der Waals surface area (Å²) in [6.45, 7) is 3.00. The standard InChI is InChI=1S/C19H20ClN3O3/c1-13(24)21-16-7-9-17(10-8-16)22-19(26)12-23(14(2)25)11-15-5-3-4-6-18(15)20/h3-10H,11-12H2,1-2H3,(H,21,24)(H,22,26). The summed E-state index contributed by atoms with van der Waals surface area (Å²) < 4.78 is 0. The summed E-state index contributed by atoms with van der Waals surface area (Å²) in [4.78, 5) is 36.5. The van der Waals surface area contributed by atoms with Crippen LogP contribution < -0.4 is 10.6 Å². The first-order chi connectivity index (χ1) is 12.3. The molecule has 3 amide bonds. The Hall–Kier alpha value is -2.86. The molecule has 0 radical (unpaired) electrons. The topological polar surface area (TPSA) is 78.5 Å². The van der Waals surface area contributed by atoms with Gasteiger partial charge in [0.2, 0.25) is 17.7 Å². The van der Waals surface area contributed by atoms with Crippen molar-refractivity contribution in [3.63, 3.8) is 0 Å². The van der Waals surface area contributed by atoms with Crippen LogP contribution in [0.5, 0.6) is 0 Å². The quantitative estimate of drug-likeness (QED) is 0.815. The van der Waals surface area contributed by atoms with Crippen LogP contribution in [0.4, 0.5) is 11.4 Å². The van der Waals surface area contributed by atoms with Crippen LogP contribution in [0.3, 0.4) is 0 Å². The van der Waals surface area contributed by atoms with Crippen LogP contribution in [0, 0.1) is 0 Å². The summed E-state index contributed by atoms with van der Waals surface area (Å²) in [7, 11) is 0. The number of amides is 3. The van der Waals surface area contributed by atoms with E-state index in [4.69, 9.17) is 11.6 Å². The van der Waals surface area contributed by atoms with Gasteiger partial charge >= 0.3 is 0 Å². The van der Waals surface area contributed by atoms with Crippen molar-refractivity contribution in [1.82, 2.24) is 4.90 Å². The minimum Gasteiger partial charge on any atom is -0.329 e. The predicted octanol–water partition coefficient (Wildman–Crippen LogP) is 3.29. The van der Waals surface area contributed by atoms with Gasteiger partial charge in [-0.2, -0.15) is 0 Å². The zero-order valence-corrected chi connectivity index (χ0v) is 15.3. The monoisotopic (exact) mass is 373 g/mol. The Morgan fingerprint density at radius 1 is 0.923 bits per heavy atom. The molecule has 136 valence electrons. The zero-order valence-electron chi connectivity index (χ0n) is 14.6. The second-order valence-electron chi connectivity index (χ2n) is 5.77. The van der Waals surface area contributed by atoms with Crippen LogP contribution in [-0.2, 0) is 20.9 Å². The highest BCUT2D eigenvalue weighted by atomic mass is 35.5. The molecule has 0 heterocycles. The lowest BCUT2D eigenvalue weighted by molar-refractivity contribution is -0.133. The molecule has 26 heavy (non-hydrogen) atoms. The van der Waals surface area contributed by atoms with E-state index in [1.807, 2.05) is 12.1 Å². The van der Waals surface area contributed by atoms with Gasteiger partial charge in [0.1, 0.15) is 6.54 Å². The number of carbonyl (C=O) groups is 3. The van der Waals surface area contributed by atoms with Gasteiger partial charge in [-0.15, -0.1) is 0 Å². The molecule has 0 unspecified atom stereocenters. The van der Waals surface area contributed by atoms with E-state index in [-0.39, 0.29) is 30.8 Å². The maximum absolute atomic E-state index is 12.3. The minimum absolute atomic E-state index is 0.0893. The van der Waals surface area contributed by atoms with Crippen molar-refractivity contribution in [3.8, 4) is 0 Å². The molecule has 0 saturated heterocycles. The molecule has 2 N–H and O–H groups in total. The normalized spacial score (nSPS) is 10.1. The van der Waals surface area contributed by atoms with E-state index in [0.717, 1.165) is 5.56 Å². The number of nitrogens with one attached hydrogen (secondary N) is 2. The third kappa shape index (κ3) is 5.89. The van der Waals surface area contributed by atoms with Crippen molar-refractivity contribution in [2.45, 2.75) is 20.4 Å². The summed E-state index contributed by atoms with van der Waals surface area (Å²) in [5.74, 6) is -0.709. The SMILES string of the molecule is CC(=O)Nc1ccc(NC(=O)CN(Cc2ccccc2Cl)C(C)=O)cc1. The van der Waals surface area contributed by atoms with Gasteiger partial charge in [0, 0.05) is 36.8 Å². The fourth-order valence-electron chi connectivity index (χ4n) is 2.32. The van der Waals surface area contributed by atoms with E-state index in [0.29, 0.717) is 16.4 Å². The number of carbonyl (C=O) groups excluding carboxylic acids is 3. The van der Waals surface area contributed by atoms with Crippen LogP contribution >= 0.6 is 11.6 Å². The molecule has 6 nitrogen and oxygen atoms in total. The highest BCUT2D eigenvalue weighted by molar-refractivity contribution is 6.31. The Bertz CT molecular complexity index is 806. The van der Waals surface area contributed by atoms with E-state index in [1.54, 1.807) is 36.4 Å². The number of halogens is 1. The first kappa shape index (κ1) is 19.5. The molecule has 0 spiro atoms. The van der Waals surface area contributed by atoms with Gasteiger partial charge in [-0.25, -0.2) is 0 Å². The number of anilines is 2. The largest absolute Gasteiger partial charge is 0.329 e. The molecule has 0 aliphatic heterocycles. The number of hydrogen-bond acceptors (Lipinski definition) is 3. The van der Waals surface area contributed by atoms with E-state index in [9.17, 15) is 14.4 Å². The average Bonchev–Trinajstić information content (AvgIpc) is 2.57. The Morgan fingerprint density at radius 2 is 1.50 bits per heavy atom. The predicted molar refractivity (Wildman–Crippen MR) is 102 cm³/mol. The van der Waals surface area contributed by atoms with Crippen molar-refractivity contribution in [2.75, 3.05) is 17.2 Å². The lowest BCUT2D eigenvalue weighted by Crippen LogP contribution is -2.36. The first-order valence-electron chi connectivity index (χ1n) is 8.01. The van der Waals surface area contributed by atoms with Crippen molar-refractivity contribution in [1.29, 1.82) is 0 Å². The summed E-state index contributed by atoms with van der Waals surface area (Å²) in [5.41, 5.74) is 1.99. The maximum Gasteiger partial charge on any atom is 0.244 e. The van der Waals surface area contributed by atoms with Crippen LogP contribution in [0.25, 0.3) is 0 Å². The molecule has 0 saturated carbocycles. The van der Waals surface area contributed by atoms with Crippen LogP contribution in [0.2, 0.25) is 5.02 Å². The molecular weight excluding hydrogens is 354 g/mol. The molecule has 0 aliphatic rings. The first-order valence-corrected chi connectivity index (χ1v) is 8.39. The molecule has 0 fully saturated rings. The second kappa shape index (κ2) is 9.01. The smallest absolute Gasteiger partial charge is 0.244 e. The molecule has 0 atom stereocenters. The average molecular weight is 374 g/mol. The van der Waals surface area contributed by atoms with Gasteiger partial charge in [-0.05, 0) is 35.9 Å². The molecule has 0 bridgehead atoms. The van der Waals surface area contributed by atoms with Crippen LogP contribution in [0.1, 0.15) is 19.4 Å². The molecule has 0 aliphatic carbocycles. The number of rotatable bonds is 6. The number of benzene rings is 2. The van der Waals surface area contributed by atoms with Gasteiger partial charge in [0.25, 0.3) is 0 Å². The lowest BCUT2D eigenvalue weighted by Gasteiger charge is -2.21. The molecule has 2 aromatic carbocycles. The van der Waals surface area contributed by atoms with E-state index < -0.39 is 0 Å². The van der Waals surface area contributed by atoms with Gasteiger partial charge in [-0.3, -0.25) is 14.4 Å². The van der Waals surface area contributed by atoms with E-state index in [2.05, 4.69) is 10.6 Å². The van der Waals surface area contributed by atoms with Gasteiger partial charge < -0.3 is 15.5 Å². The van der Waals surface area contributed by atoms with Crippen molar-refractivity contribution < 1.29 is 14.4 Å². The summed E-state index contributed by atoms with van der Waals surface area (Å²) in [6.07, 6.45) is 0. The Labute approximate surface area is 157 Å². The van der Waals surface area contributed by atoms with Crippen LogP contribution in [-0.4, -0.2) is 29.2 Å². The molecule has 7 heteroatoms. The Balaban J connectivity index is 1.98. The fourth-order valence-corrected chi connectivity index (χ4v) is 2.52. The molecule has 2 rings (SSSR count). The minimum atomic E-state index is -0.320. The second-order valence-corrected chi connectivity index (χ2v) is 6.18. The Morgan fingerprint density at radius 3 is 2.04 bits per heavy atom. The van der Waals surface area contributed by atoms with Crippen molar-refractivity contribution >= 4 is 40.7 Å². The van der Waals surface area contributed by atoms with Crippen molar-refractivity contribution in [3.05, 3.63) is 59.1 Å². The summed E-state index contributed by atoms with van der Waals surface area (Å²) in [5, 5.41) is 5.93. The highest BCUT2D eigenvalue weighted by Crippen LogP contribution is 2.17. The maximum atomic E-state index is 12.3. The molecular formula is C19H20ClN3O3. The Kier molecular flexibility index (Phi) is 6.74. The number of nitrogens with zero attached hydrogens (tertiary/aromatic N) is 1. The van der Waals surface area contributed by atoms with E-state index in [1.165, 1.54) is 18.7 Å². The van der Waals surface area contributed by atoms with Gasteiger partial charge in [-0.1, -0.05) is 29.8 Å². The van der Waals surface area contributed by atoms with Gasteiger partial charge in [0.05, 0.1) is 0 Å². The third-order valence-corrected chi connectivity index (χ3v) is 3.96. The molecule has 2 aromatic rings. The molecule has 0 aromatic heterocycles. The van der Waals surface area contributed by atoms with E-state index >= 15 is 0 Å².